The highest BCUT2D eigenvalue weighted by Crippen LogP contribution is 2.13. The predicted octanol–water partition coefficient (Wildman–Crippen LogP) is 0.219. The van der Waals surface area contributed by atoms with Gasteiger partial charge in [-0.15, -0.1) is 0 Å². The first-order chi connectivity index (χ1) is 9.96. The molecule has 0 aliphatic heterocycles. The van der Waals surface area contributed by atoms with Crippen LogP contribution in [-0.2, 0) is 34.5 Å². The van der Waals surface area contributed by atoms with Gasteiger partial charge in [-0.05, 0) is 13.8 Å². The van der Waals surface area contributed by atoms with Gasteiger partial charge in [0.15, 0.2) is 5.82 Å². The summed E-state index contributed by atoms with van der Waals surface area (Å²) in [6, 6.07) is 0. The fourth-order valence-electron chi connectivity index (χ4n) is 1.71. The van der Waals surface area contributed by atoms with Crippen molar-refractivity contribution in [3.8, 4) is 0 Å². The van der Waals surface area contributed by atoms with Crippen LogP contribution in [0.1, 0.15) is 24.3 Å². The molecule has 2 rings (SSSR count). The van der Waals surface area contributed by atoms with Crippen molar-refractivity contribution in [2.75, 3.05) is 7.11 Å². The smallest absolute Gasteiger partial charge is 0.244 e. The standard InChI is InChI=1S/C11H17N5O4S/c1-4-16-6-9(8(2)14-16)21(17,18)12-5-11-13-10(7-19-3)15-20-11/h6,12H,4-5,7H2,1-3H3. The fourth-order valence-corrected chi connectivity index (χ4v) is 2.87. The maximum Gasteiger partial charge on any atom is 0.244 e. The Morgan fingerprint density at radius 2 is 2.24 bits per heavy atom. The summed E-state index contributed by atoms with van der Waals surface area (Å²) in [6.07, 6.45) is 1.49. The zero-order valence-corrected chi connectivity index (χ0v) is 12.8. The normalized spacial score (nSPS) is 12.0. The summed E-state index contributed by atoms with van der Waals surface area (Å²) in [5.41, 5.74) is 0.440. The van der Waals surface area contributed by atoms with Crippen LogP contribution in [-0.4, -0.2) is 35.4 Å². The number of hydrogen-bond donors (Lipinski definition) is 1. The zero-order chi connectivity index (χ0) is 15.5. The number of methoxy groups -OCH3 is 1. The number of sulfonamides is 1. The molecule has 116 valence electrons. The lowest BCUT2D eigenvalue weighted by Gasteiger charge is -2.02. The van der Waals surface area contributed by atoms with E-state index in [1.807, 2.05) is 6.92 Å². The van der Waals surface area contributed by atoms with Gasteiger partial charge in [0.05, 0.1) is 12.2 Å². The van der Waals surface area contributed by atoms with Gasteiger partial charge in [-0.2, -0.15) is 10.1 Å². The van der Waals surface area contributed by atoms with Gasteiger partial charge in [-0.25, -0.2) is 13.1 Å². The van der Waals surface area contributed by atoms with Crippen molar-refractivity contribution >= 4 is 10.0 Å². The highest BCUT2D eigenvalue weighted by molar-refractivity contribution is 7.89. The van der Waals surface area contributed by atoms with Gasteiger partial charge in [-0.3, -0.25) is 4.68 Å². The molecule has 21 heavy (non-hydrogen) atoms. The monoisotopic (exact) mass is 315 g/mol. The quantitative estimate of drug-likeness (QED) is 0.777. The number of rotatable bonds is 7. The first-order valence-corrected chi connectivity index (χ1v) is 7.78. The number of hydrogen-bond acceptors (Lipinski definition) is 7. The molecule has 2 aromatic rings. The van der Waals surface area contributed by atoms with E-state index in [0.29, 0.717) is 18.1 Å². The summed E-state index contributed by atoms with van der Waals surface area (Å²) in [7, 11) is -2.17. The molecule has 0 aliphatic rings. The Kier molecular flexibility index (Phi) is 4.70. The van der Waals surface area contributed by atoms with Crippen LogP contribution in [0, 0.1) is 6.92 Å². The van der Waals surface area contributed by atoms with E-state index < -0.39 is 10.0 Å². The summed E-state index contributed by atoms with van der Waals surface area (Å²) in [4.78, 5) is 4.13. The molecule has 0 unspecified atom stereocenters. The first-order valence-electron chi connectivity index (χ1n) is 6.30. The Morgan fingerprint density at radius 1 is 1.48 bits per heavy atom. The molecular formula is C11H17N5O4S. The van der Waals surface area contributed by atoms with Gasteiger partial charge < -0.3 is 9.26 Å². The molecule has 2 heterocycles. The van der Waals surface area contributed by atoms with E-state index in [9.17, 15) is 8.42 Å². The maximum absolute atomic E-state index is 12.2. The second-order valence-electron chi connectivity index (χ2n) is 4.30. The minimum atomic E-state index is -3.67. The molecular weight excluding hydrogens is 298 g/mol. The van der Waals surface area contributed by atoms with Crippen LogP contribution in [0.4, 0.5) is 0 Å². The minimum Gasteiger partial charge on any atom is -0.377 e. The zero-order valence-electron chi connectivity index (χ0n) is 12.0. The Balaban J connectivity index is 2.08. The van der Waals surface area contributed by atoms with Crippen LogP contribution in [0.25, 0.3) is 0 Å². The maximum atomic E-state index is 12.2. The molecule has 2 aromatic heterocycles. The largest absolute Gasteiger partial charge is 0.377 e. The SMILES string of the molecule is CCn1cc(S(=O)(=O)NCc2nc(COC)no2)c(C)n1. The van der Waals surface area contributed by atoms with Gasteiger partial charge in [-0.1, -0.05) is 5.16 Å². The minimum absolute atomic E-state index is 0.0875. The first kappa shape index (κ1) is 15.6. The van der Waals surface area contributed by atoms with E-state index in [1.165, 1.54) is 13.3 Å². The molecule has 0 spiro atoms. The third-order valence-corrected chi connectivity index (χ3v) is 4.22. The molecule has 1 N–H and O–H groups in total. The molecule has 0 atom stereocenters. The molecule has 0 saturated carbocycles. The predicted molar refractivity (Wildman–Crippen MR) is 71.7 cm³/mol. The van der Waals surface area contributed by atoms with Crippen LogP contribution < -0.4 is 4.72 Å². The molecule has 0 radical (unpaired) electrons. The van der Waals surface area contributed by atoms with Crippen molar-refractivity contribution in [2.24, 2.45) is 0 Å². The van der Waals surface area contributed by atoms with E-state index in [-0.39, 0.29) is 23.9 Å². The van der Waals surface area contributed by atoms with Gasteiger partial charge in [0.1, 0.15) is 11.5 Å². The van der Waals surface area contributed by atoms with E-state index in [4.69, 9.17) is 9.26 Å². The van der Waals surface area contributed by atoms with Gasteiger partial charge in [0.2, 0.25) is 15.9 Å². The number of ether oxygens (including phenoxy) is 1. The summed E-state index contributed by atoms with van der Waals surface area (Å²) in [6.45, 7) is 4.24. The van der Waals surface area contributed by atoms with Crippen LogP contribution in [0.3, 0.4) is 0 Å². The van der Waals surface area contributed by atoms with E-state index in [1.54, 1.807) is 11.6 Å². The van der Waals surface area contributed by atoms with Crippen molar-refractivity contribution in [2.45, 2.75) is 38.4 Å². The van der Waals surface area contributed by atoms with Crippen molar-refractivity contribution in [1.29, 1.82) is 0 Å². The van der Waals surface area contributed by atoms with Crippen LogP contribution in [0.5, 0.6) is 0 Å². The van der Waals surface area contributed by atoms with Gasteiger partial charge in [0.25, 0.3) is 0 Å². The van der Waals surface area contributed by atoms with Crippen molar-refractivity contribution in [1.82, 2.24) is 24.6 Å². The highest BCUT2D eigenvalue weighted by atomic mass is 32.2. The van der Waals surface area contributed by atoms with E-state index >= 15 is 0 Å². The second-order valence-corrected chi connectivity index (χ2v) is 6.03. The molecule has 10 heteroatoms. The summed E-state index contributed by atoms with van der Waals surface area (Å²) in [5.74, 6) is 0.535. The molecule has 0 aliphatic carbocycles. The van der Waals surface area contributed by atoms with E-state index in [0.717, 1.165) is 0 Å². The molecule has 9 nitrogen and oxygen atoms in total. The number of nitrogens with zero attached hydrogens (tertiary/aromatic N) is 4. The van der Waals surface area contributed by atoms with Crippen molar-refractivity contribution in [3.63, 3.8) is 0 Å². The Bertz CT molecular complexity index is 706. The summed E-state index contributed by atoms with van der Waals surface area (Å²) < 4.78 is 38.2. The average Bonchev–Trinajstić information content (AvgIpc) is 3.04. The molecule has 0 amide bonds. The topological polar surface area (TPSA) is 112 Å². The molecule has 0 fully saturated rings. The lowest BCUT2D eigenvalue weighted by atomic mass is 10.5. The number of nitrogens with one attached hydrogen (secondary N) is 1. The Labute approximate surface area is 122 Å². The third-order valence-electron chi connectivity index (χ3n) is 2.71. The van der Waals surface area contributed by atoms with E-state index in [2.05, 4.69) is 20.0 Å². The lowest BCUT2D eigenvalue weighted by molar-refractivity contribution is 0.174. The summed E-state index contributed by atoms with van der Waals surface area (Å²) in [5, 5.41) is 7.76. The van der Waals surface area contributed by atoms with Crippen LogP contribution in [0.15, 0.2) is 15.6 Å². The number of aromatic nitrogens is 4. The Hall–Kier alpha value is -1.78. The average molecular weight is 315 g/mol. The van der Waals surface area contributed by atoms with Gasteiger partial charge >= 0.3 is 0 Å². The number of aryl methyl sites for hydroxylation is 2. The molecule has 0 bridgehead atoms. The second kappa shape index (κ2) is 6.33. The Morgan fingerprint density at radius 3 is 2.86 bits per heavy atom. The lowest BCUT2D eigenvalue weighted by Crippen LogP contribution is -2.23. The van der Waals surface area contributed by atoms with Crippen LogP contribution in [0.2, 0.25) is 0 Å². The summed E-state index contributed by atoms with van der Waals surface area (Å²) >= 11 is 0. The van der Waals surface area contributed by atoms with Crippen molar-refractivity contribution in [3.05, 3.63) is 23.6 Å². The fraction of sp³-hybridized carbons (Fsp3) is 0.545. The molecule has 0 saturated heterocycles. The highest BCUT2D eigenvalue weighted by Gasteiger charge is 2.21. The van der Waals surface area contributed by atoms with Crippen molar-refractivity contribution < 1.29 is 17.7 Å². The van der Waals surface area contributed by atoms with Crippen LogP contribution >= 0.6 is 0 Å². The third kappa shape index (κ3) is 3.65. The molecule has 0 aromatic carbocycles. The van der Waals surface area contributed by atoms with Gasteiger partial charge in [0, 0.05) is 19.9 Å².